The zero-order valence-electron chi connectivity index (χ0n) is 11.7. The maximum Gasteiger partial charge on any atom is 0.347 e. The fourth-order valence-corrected chi connectivity index (χ4v) is 3.38. The van der Waals surface area contributed by atoms with Crippen molar-refractivity contribution in [2.45, 2.75) is 31.8 Å². The van der Waals surface area contributed by atoms with Gasteiger partial charge in [0.25, 0.3) is 0 Å². The number of rotatable bonds is 5. The zero-order valence-corrected chi connectivity index (χ0v) is 13.3. The van der Waals surface area contributed by atoms with Gasteiger partial charge in [-0.1, -0.05) is 32.0 Å². The van der Waals surface area contributed by atoms with Crippen LogP contribution in [0.2, 0.25) is 0 Å². The van der Waals surface area contributed by atoms with Crippen LogP contribution in [0.3, 0.4) is 0 Å². The highest BCUT2D eigenvalue weighted by Crippen LogP contribution is 2.29. The van der Waals surface area contributed by atoms with E-state index in [-0.39, 0.29) is 0 Å². The van der Waals surface area contributed by atoms with E-state index in [0.29, 0.717) is 15.8 Å². The third-order valence-electron chi connectivity index (χ3n) is 2.75. The normalized spacial score (nSPS) is 11.0. The Morgan fingerprint density at radius 3 is 2.80 bits per heavy atom. The molecule has 0 spiro atoms. The molecule has 0 amide bonds. The molecule has 0 radical (unpaired) electrons. The summed E-state index contributed by atoms with van der Waals surface area (Å²) in [6, 6.07) is 8.17. The topological polar surface area (TPSA) is 50.2 Å². The number of carbonyl (C=O) groups is 1. The van der Waals surface area contributed by atoms with E-state index in [1.54, 1.807) is 6.92 Å². The molecule has 1 aromatic carbocycles. The molecule has 0 saturated carbocycles. The van der Waals surface area contributed by atoms with Gasteiger partial charge in [-0.3, -0.25) is 0 Å². The molecular formula is C15H17NO2S2. The van der Waals surface area contributed by atoms with Gasteiger partial charge in [0, 0.05) is 11.3 Å². The first-order valence-electron chi connectivity index (χ1n) is 6.39. The smallest absolute Gasteiger partial charge is 0.347 e. The molecule has 0 aliphatic heterocycles. The van der Waals surface area contributed by atoms with Crippen molar-refractivity contribution in [3.63, 3.8) is 0 Å². The van der Waals surface area contributed by atoms with Gasteiger partial charge in [0.05, 0.1) is 5.69 Å². The van der Waals surface area contributed by atoms with Gasteiger partial charge in [0.2, 0.25) is 0 Å². The SMILES string of the molecule is Cc1nc(-c2cccc(CSC(C)C)c2)sc1C(=O)O. The summed E-state index contributed by atoms with van der Waals surface area (Å²) in [4.78, 5) is 15.8. The molecule has 0 fully saturated rings. The summed E-state index contributed by atoms with van der Waals surface area (Å²) < 4.78 is 0. The standard InChI is InChI=1S/C15H17NO2S2/c1-9(2)19-8-11-5-4-6-12(7-11)14-16-10(3)13(20-14)15(17)18/h4-7,9H,8H2,1-3H3,(H,17,18). The molecule has 106 valence electrons. The third-order valence-corrected chi connectivity index (χ3v) is 5.11. The Balaban J connectivity index is 2.26. The number of hydrogen-bond acceptors (Lipinski definition) is 4. The fraction of sp³-hybridized carbons (Fsp3) is 0.333. The maximum absolute atomic E-state index is 11.1. The van der Waals surface area contributed by atoms with Crippen molar-refractivity contribution in [1.82, 2.24) is 4.98 Å². The number of aromatic nitrogens is 1. The van der Waals surface area contributed by atoms with Crippen LogP contribution in [0.1, 0.15) is 34.8 Å². The highest BCUT2D eigenvalue weighted by Gasteiger charge is 2.15. The van der Waals surface area contributed by atoms with Crippen LogP contribution in [0, 0.1) is 6.92 Å². The number of carboxylic acids is 1. The van der Waals surface area contributed by atoms with Gasteiger partial charge in [-0.15, -0.1) is 11.3 Å². The van der Waals surface area contributed by atoms with Crippen LogP contribution < -0.4 is 0 Å². The second kappa shape index (κ2) is 6.41. The van der Waals surface area contributed by atoms with Crippen molar-refractivity contribution in [3.8, 4) is 10.6 Å². The van der Waals surface area contributed by atoms with Crippen molar-refractivity contribution in [3.05, 3.63) is 40.4 Å². The number of thioether (sulfide) groups is 1. The van der Waals surface area contributed by atoms with Crippen LogP contribution in [0.4, 0.5) is 0 Å². The number of nitrogens with zero attached hydrogens (tertiary/aromatic N) is 1. The minimum atomic E-state index is -0.905. The molecule has 20 heavy (non-hydrogen) atoms. The van der Waals surface area contributed by atoms with E-state index in [1.165, 1.54) is 16.9 Å². The second-order valence-electron chi connectivity index (χ2n) is 4.80. The summed E-state index contributed by atoms with van der Waals surface area (Å²) in [6.45, 7) is 6.09. The Morgan fingerprint density at radius 2 is 2.20 bits per heavy atom. The first-order valence-corrected chi connectivity index (χ1v) is 8.25. The van der Waals surface area contributed by atoms with Crippen LogP contribution in [-0.2, 0) is 5.75 Å². The molecule has 0 atom stereocenters. The van der Waals surface area contributed by atoms with E-state index in [0.717, 1.165) is 16.3 Å². The summed E-state index contributed by atoms with van der Waals surface area (Å²) in [7, 11) is 0. The first-order chi connectivity index (χ1) is 9.47. The quantitative estimate of drug-likeness (QED) is 0.886. The minimum absolute atomic E-state index is 0.321. The lowest BCUT2D eigenvalue weighted by Crippen LogP contribution is -1.94. The van der Waals surface area contributed by atoms with Gasteiger partial charge in [-0.2, -0.15) is 11.8 Å². The van der Waals surface area contributed by atoms with Crippen molar-refractivity contribution in [1.29, 1.82) is 0 Å². The van der Waals surface area contributed by atoms with Gasteiger partial charge in [0.1, 0.15) is 9.88 Å². The van der Waals surface area contributed by atoms with Crippen LogP contribution in [0.5, 0.6) is 0 Å². The van der Waals surface area contributed by atoms with Crippen LogP contribution in [-0.4, -0.2) is 21.3 Å². The molecule has 1 heterocycles. The number of hydrogen-bond donors (Lipinski definition) is 1. The van der Waals surface area contributed by atoms with Gasteiger partial charge in [-0.25, -0.2) is 9.78 Å². The van der Waals surface area contributed by atoms with Crippen molar-refractivity contribution < 1.29 is 9.90 Å². The predicted octanol–water partition coefficient (Wildman–Crippen LogP) is 4.46. The van der Waals surface area contributed by atoms with Crippen LogP contribution in [0.15, 0.2) is 24.3 Å². The Kier molecular flexibility index (Phi) is 4.83. The van der Waals surface area contributed by atoms with Crippen LogP contribution >= 0.6 is 23.1 Å². The summed E-state index contributed by atoms with van der Waals surface area (Å²) in [5.41, 5.74) is 2.82. The second-order valence-corrected chi connectivity index (χ2v) is 7.36. The van der Waals surface area contributed by atoms with Crippen molar-refractivity contribution in [2.24, 2.45) is 0 Å². The molecule has 0 unspecified atom stereocenters. The van der Waals surface area contributed by atoms with Gasteiger partial charge in [-0.05, 0) is 23.8 Å². The molecule has 0 aliphatic carbocycles. The maximum atomic E-state index is 11.1. The Bertz CT molecular complexity index is 620. The van der Waals surface area contributed by atoms with Gasteiger partial charge >= 0.3 is 5.97 Å². The number of carboxylic acid groups (broad SMARTS) is 1. The largest absolute Gasteiger partial charge is 0.477 e. The number of thiazole rings is 1. The van der Waals surface area contributed by atoms with Gasteiger partial charge in [0.15, 0.2) is 0 Å². The highest BCUT2D eigenvalue weighted by molar-refractivity contribution is 7.99. The Morgan fingerprint density at radius 1 is 1.45 bits per heavy atom. The summed E-state index contributed by atoms with van der Waals surface area (Å²) >= 11 is 3.13. The van der Waals surface area contributed by atoms with E-state index in [1.807, 2.05) is 23.9 Å². The fourth-order valence-electron chi connectivity index (χ4n) is 1.78. The average molecular weight is 307 g/mol. The zero-order chi connectivity index (χ0) is 14.7. The van der Waals surface area contributed by atoms with E-state index in [4.69, 9.17) is 5.11 Å². The molecule has 2 aromatic rings. The lowest BCUT2D eigenvalue weighted by Gasteiger charge is -2.06. The molecule has 0 aliphatic rings. The lowest BCUT2D eigenvalue weighted by atomic mass is 10.1. The molecule has 1 N–H and O–H groups in total. The molecule has 0 bridgehead atoms. The molecule has 0 saturated heterocycles. The summed E-state index contributed by atoms with van der Waals surface area (Å²) in [5.74, 6) is 0.0551. The van der Waals surface area contributed by atoms with Crippen LogP contribution in [0.25, 0.3) is 10.6 Å². The van der Waals surface area contributed by atoms with Crippen molar-refractivity contribution >= 4 is 29.1 Å². The third kappa shape index (κ3) is 3.61. The summed E-state index contributed by atoms with van der Waals surface area (Å²) in [6.07, 6.45) is 0. The van der Waals surface area contributed by atoms with Crippen molar-refractivity contribution in [2.75, 3.05) is 0 Å². The molecule has 1 aromatic heterocycles. The molecule has 3 nitrogen and oxygen atoms in total. The van der Waals surface area contributed by atoms with E-state index in [9.17, 15) is 4.79 Å². The van der Waals surface area contributed by atoms with E-state index >= 15 is 0 Å². The number of aromatic carboxylic acids is 1. The number of benzene rings is 1. The number of aryl methyl sites for hydroxylation is 1. The molecule has 2 rings (SSSR count). The van der Waals surface area contributed by atoms with E-state index < -0.39 is 5.97 Å². The molecule has 5 heteroatoms. The Labute approximate surface area is 127 Å². The van der Waals surface area contributed by atoms with Gasteiger partial charge < -0.3 is 5.11 Å². The highest BCUT2D eigenvalue weighted by atomic mass is 32.2. The first kappa shape index (κ1) is 15.1. The monoisotopic (exact) mass is 307 g/mol. The lowest BCUT2D eigenvalue weighted by molar-refractivity contribution is 0.0701. The molecular weight excluding hydrogens is 290 g/mol. The minimum Gasteiger partial charge on any atom is -0.477 e. The summed E-state index contributed by atoms with van der Waals surface area (Å²) in [5, 5.41) is 10.5. The average Bonchev–Trinajstić information content (AvgIpc) is 2.79. The predicted molar refractivity (Wildman–Crippen MR) is 85.7 cm³/mol. The Hall–Kier alpha value is -1.33. The van der Waals surface area contributed by atoms with E-state index in [2.05, 4.69) is 31.0 Å².